The van der Waals surface area contributed by atoms with Crippen molar-refractivity contribution < 1.29 is 29.0 Å². The third kappa shape index (κ3) is 2.23. The van der Waals surface area contributed by atoms with E-state index in [-0.39, 0.29) is 11.5 Å². The van der Waals surface area contributed by atoms with Gasteiger partial charge in [-0.1, -0.05) is 24.3 Å². The summed E-state index contributed by atoms with van der Waals surface area (Å²) in [6, 6.07) is 6.96. The third-order valence-electron chi connectivity index (χ3n) is 5.33. The zero-order valence-corrected chi connectivity index (χ0v) is 14.3. The normalized spacial score (nSPS) is 28.5. The molecule has 1 aromatic rings. The quantitative estimate of drug-likeness (QED) is 0.498. The van der Waals surface area contributed by atoms with Crippen LogP contribution in [0.1, 0.15) is 31.0 Å². The molecule has 1 fully saturated rings. The minimum atomic E-state index is -1.29. The number of carbonyl (C=O) groups is 3. The van der Waals surface area contributed by atoms with Crippen LogP contribution in [0.5, 0.6) is 0 Å². The predicted molar refractivity (Wildman–Crippen MR) is 88.7 cm³/mol. The zero-order valence-electron chi connectivity index (χ0n) is 14.3. The van der Waals surface area contributed by atoms with Crippen LogP contribution in [0.15, 0.2) is 47.2 Å². The molecule has 2 heterocycles. The highest BCUT2D eigenvalue weighted by molar-refractivity contribution is 6.05. The van der Waals surface area contributed by atoms with Gasteiger partial charge in [0.25, 0.3) is 12.2 Å². The number of imide groups is 1. The Labute approximate surface area is 149 Å². The molecule has 1 saturated heterocycles. The number of amides is 2. The molecule has 1 aliphatic carbocycles. The Kier molecular flexibility index (Phi) is 3.61. The highest BCUT2D eigenvalue weighted by Gasteiger charge is 2.52. The van der Waals surface area contributed by atoms with Crippen LogP contribution in [0.3, 0.4) is 0 Å². The van der Waals surface area contributed by atoms with E-state index < -0.39 is 30.3 Å². The first-order valence-electron chi connectivity index (χ1n) is 8.28. The molecule has 4 rings (SSSR count). The first-order valence-corrected chi connectivity index (χ1v) is 8.28. The van der Waals surface area contributed by atoms with Crippen LogP contribution in [0.4, 0.5) is 4.79 Å². The van der Waals surface area contributed by atoms with Crippen molar-refractivity contribution in [3.05, 3.63) is 58.4 Å². The minimum absolute atomic E-state index is 0.280. The maximum atomic E-state index is 12.7. The molecular formula is C19H17NO6. The van der Waals surface area contributed by atoms with E-state index in [1.54, 1.807) is 13.8 Å². The number of esters is 1. The second-order valence-electron chi connectivity index (χ2n) is 6.67. The summed E-state index contributed by atoms with van der Waals surface area (Å²) in [5.74, 6) is -1.36. The second-order valence-corrected chi connectivity index (χ2v) is 6.67. The monoisotopic (exact) mass is 355 g/mol. The van der Waals surface area contributed by atoms with E-state index in [0.717, 1.165) is 16.0 Å². The number of carbonyl (C=O) groups excluding carboxylic acids is 2. The van der Waals surface area contributed by atoms with Crippen molar-refractivity contribution in [2.45, 2.75) is 32.6 Å². The van der Waals surface area contributed by atoms with E-state index in [2.05, 4.69) is 0 Å². The predicted octanol–water partition coefficient (Wildman–Crippen LogP) is 2.54. The molecule has 3 atom stereocenters. The van der Waals surface area contributed by atoms with Crippen molar-refractivity contribution in [2.24, 2.45) is 5.92 Å². The summed E-state index contributed by atoms with van der Waals surface area (Å²) in [4.78, 5) is 36.8. The number of nitrogens with zero attached hydrogens (tertiary/aromatic N) is 1. The van der Waals surface area contributed by atoms with Gasteiger partial charge in [-0.15, -0.1) is 0 Å². The molecule has 1 N–H and O–H groups in total. The van der Waals surface area contributed by atoms with Crippen LogP contribution in [0.2, 0.25) is 0 Å². The van der Waals surface area contributed by atoms with Crippen molar-refractivity contribution in [1.82, 2.24) is 4.90 Å². The van der Waals surface area contributed by atoms with Gasteiger partial charge in [-0.05, 0) is 31.4 Å². The van der Waals surface area contributed by atoms with Gasteiger partial charge < -0.3 is 14.6 Å². The van der Waals surface area contributed by atoms with Gasteiger partial charge in [-0.25, -0.2) is 14.5 Å². The van der Waals surface area contributed by atoms with Gasteiger partial charge in [0.15, 0.2) is 0 Å². The van der Waals surface area contributed by atoms with Gasteiger partial charge in [0, 0.05) is 17.1 Å². The molecule has 0 aromatic heterocycles. The van der Waals surface area contributed by atoms with E-state index in [1.165, 1.54) is 6.26 Å². The number of carboxylic acid groups (broad SMARTS) is 1. The Morgan fingerprint density at radius 3 is 2.69 bits per heavy atom. The summed E-state index contributed by atoms with van der Waals surface area (Å²) in [6.45, 7) is 3.36. The van der Waals surface area contributed by atoms with Gasteiger partial charge in [0.1, 0.15) is 0 Å². The maximum Gasteiger partial charge on any atom is 0.414 e. The van der Waals surface area contributed by atoms with Gasteiger partial charge in [0.05, 0.1) is 17.9 Å². The molecule has 7 heteroatoms. The fourth-order valence-electron chi connectivity index (χ4n) is 3.82. The molecule has 0 saturated carbocycles. The zero-order chi connectivity index (χ0) is 18.6. The molecule has 134 valence electrons. The third-order valence-corrected chi connectivity index (χ3v) is 5.33. The standard InChI is InChI=1S/C19H17NO6/c1-9-10(2)18(26-17(9)22)25-8-14-13-7-11-5-3-4-6-12(11)15(13)20(16(14)21)19(23)24/h3-6,8,13,15,18H,7H2,1-2H3,(H,23,24)/b14-8+/t13-,15-,18-/m1/s1. The van der Waals surface area contributed by atoms with E-state index in [0.29, 0.717) is 17.6 Å². The second kappa shape index (κ2) is 5.72. The van der Waals surface area contributed by atoms with E-state index in [9.17, 15) is 19.5 Å². The van der Waals surface area contributed by atoms with Gasteiger partial charge in [-0.3, -0.25) is 4.79 Å². The maximum absolute atomic E-state index is 12.7. The highest BCUT2D eigenvalue weighted by atomic mass is 16.7. The molecular weight excluding hydrogens is 338 g/mol. The molecule has 0 unspecified atom stereocenters. The highest BCUT2D eigenvalue weighted by Crippen LogP contribution is 2.49. The smallest absolute Gasteiger partial charge is 0.414 e. The Hall–Kier alpha value is -3.09. The first kappa shape index (κ1) is 16.4. The van der Waals surface area contributed by atoms with Crippen LogP contribution >= 0.6 is 0 Å². The summed E-state index contributed by atoms with van der Waals surface area (Å²) < 4.78 is 10.6. The summed E-state index contributed by atoms with van der Waals surface area (Å²) in [5, 5.41) is 9.53. The summed E-state index contributed by atoms with van der Waals surface area (Å²) in [6.07, 6.45) is -0.355. The number of hydrogen-bond acceptors (Lipinski definition) is 5. The first-order chi connectivity index (χ1) is 12.4. The van der Waals surface area contributed by atoms with Crippen molar-refractivity contribution in [1.29, 1.82) is 0 Å². The average molecular weight is 355 g/mol. The van der Waals surface area contributed by atoms with Gasteiger partial charge in [0.2, 0.25) is 0 Å². The van der Waals surface area contributed by atoms with Crippen molar-refractivity contribution in [3.63, 3.8) is 0 Å². The molecule has 0 radical (unpaired) electrons. The molecule has 3 aliphatic rings. The molecule has 2 aliphatic heterocycles. The molecule has 0 spiro atoms. The minimum Gasteiger partial charge on any atom is -0.465 e. The summed E-state index contributed by atoms with van der Waals surface area (Å²) in [5.41, 5.74) is 3.26. The van der Waals surface area contributed by atoms with E-state index in [4.69, 9.17) is 9.47 Å². The van der Waals surface area contributed by atoms with Crippen molar-refractivity contribution >= 4 is 18.0 Å². The summed E-state index contributed by atoms with van der Waals surface area (Å²) >= 11 is 0. The lowest BCUT2D eigenvalue weighted by atomic mass is 9.97. The number of hydrogen-bond donors (Lipinski definition) is 1. The number of likely N-dealkylation sites (tertiary alicyclic amines) is 1. The largest absolute Gasteiger partial charge is 0.465 e. The Morgan fingerprint density at radius 1 is 1.31 bits per heavy atom. The Bertz CT molecular complexity index is 899. The number of cyclic esters (lactones) is 1. The molecule has 26 heavy (non-hydrogen) atoms. The van der Waals surface area contributed by atoms with Crippen LogP contribution in [0, 0.1) is 5.92 Å². The lowest BCUT2D eigenvalue weighted by molar-refractivity contribution is -0.153. The fourth-order valence-corrected chi connectivity index (χ4v) is 3.82. The van der Waals surface area contributed by atoms with E-state index >= 15 is 0 Å². The molecule has 2 amide bonds. The van der Waals surface area contributed by atoms with Gasteiger partial charge >= 0.3 is 12.1 Å². The SMILES string of the molecule is CC1=C(C)[C@H](O/C=C2/C(=O)N(C(=O)O)[C@@H]3c4ccccc4C[C@H]23)OC1=O. The number of fused-ring (bicyclic) bond motifs is 3. The number of ether oxygens (including phenoxy) is 2. The Morgan fingerprint density at radius 2 is 2.04 bits per heavy atom. The molecule has 1 aromatic carbocycles. The van der Waals surface area contributed by atoms with Crippen LogP contribution < -0.4 is 0 Å². The number of rotatable bonds is 2. The fraction of sp³-hybridized carbons (Fsp3) is 0.316. The lowest BCUT2D eigenvalue weighted by Gasteiger charge is -2.19. The van der Waals surface area contributed by atoms with Crippen molar-refractivity contribution in [3.8, 4) is 0 Å². The van der Waals surface area contributed by atoms with Crippen LogP contribution in [0.25, 0.3) is 0 Å². The van der Waals surface area contributed by atoms with E-state index in [1.807, 2.05) is 24.3 Å². The Balaban J connectivity index is 1.67. The number of benzene rings is 1. The molecule has 7 nitrogen and oxygen atoms in total. The average Bonchev–Trinajstić information content (AvgIpc) is 3.18. The molecule has 0 bridgehead atoms. The summed E-state index contributed by atoms with van der Waals surface area (Å²) in [7, 11) is 0. The van der Waals surface area contributed by atoms with Crippen LogP contribution in [-0.2, 0) is 25.5 Å². The van der Waals surface area contributed by atoms with Gasteiger partial charge in [-0.2, -0.15) is 0 Å². The van der Waals surface area contributed by atoms with Crippen LogP contribution in [-0.4, -0.2) is 34.3 Å². The lowest BCUT2D eigenvalue weighted by Crippen LogP contribution is -2.33. The van der Waals surface area contributed by atoms with Crippen molar-refractivity contribution in [2.75, 3.05) is 0 Å². The topological polar surface area (TPSA) is 93.1 Å².